The minimum absolute atomic E-state index is 0.105. The molecule has 0 fully saturated rings. The summed E-state index contributed by atoms with van der Waals surface area (Å²) in [7, 11) is 5.60. The van der Waals surface area contributed by atoms with Crippen LogP contribution in [0.5, 0.6) is 0 Å². The molecule has 1 radical (unpaired) electrons. The summed E-state index contributed by atoms with van der Waals surface area (Å²) in [6.45, 7) is 3.10. The number of hydrogen-bond donors (Lipinski definition) is 0. The summed E-state index contributed by atoms with van der Waals surface area (Å²) in [6.07, 6.45) is 16.0. The number of allylic oxidation sites excluding steroid dienone is 3. The van der Waals surface area contributed by atoms with Gasteiger partial charge in [0.05, 0.1) is 20.3 Å². The average molecular weight is 358 g/mol. The Labute approximate surface area is 156 Å². The second kappa shape index (κ2) is 9.48. The number of quaternary nitrogens is 1. The lowest BCUT2D eigenvalue weighted by atomic mass is 10.2. The number of amides is 1. The van der Waals surface area contributed by atoms with Crippen LogP contribution in [0.15, 0.2) is 36.5 Å². The third kappa shape index (κ3) is 5.14. The highest BCUT2D eigenvalue weighted by Crippen LogP contribution is 2.30. The Bertz CT molecular complexity index is 668. The summed E-state index contributed by atoms with van der Waals surface area (Å²) in [5.41, 5.74) is 0.854. The number of aromatic nitrogens is 2. The zero-order valence-corrected chi connectivity index (χ0v) is 16.3. The lowest BCUT2D eigenvalue weighted by molar-refractivity contribution is 0.149. The Kier molecular flexibility index (Phi) is 7.33. The van der Waals surface area contributed by atoms with Crippen LogP contribution < -0.4 is 9.38 Å². The lowest BCUT2D eigenvalue weighted by Crippen LogP contribution is -2.48. The van der Waals surface area contributed by atoms with E-state index in [1.54, 1.807) is 26.4 Å². The minimum Gasteiger partial charge on any atom is -0.381 e. The van der Waals surface area contributed by atoms with Crippen LogP contribution in [0.1, 0.15) is 39.0 Å². The molecule has 0 atom stereocenters. The first-order valence-electron chi connectivity index (χ1n) is 9.25. The molecule has 0 N–H and O–H groups in total. The van der Waals surface area contributed by atoms with Gasteiger partial charge in [0, 0.05) is 13.6 Å². The zero-order valence-electron chi connectivity index (χ0n) is 16.3. The van der Waals surface area contributed by atoms with Gasteiger partial charge >= 0.3 is 6.09 Å². The van der Waals surface area contributed by atoms with Crippen molar-refractivity contribution in [2.75, 3.05) is 32.6 Å². The summed E-state index contributed by atoms with van der Waals surface area (Å²) < 4.78 is 5.46. The molecular formula is C20H30N4O2+. The molecule has 1 aliphatic carbocycles. The van der Waals surface area contributed by atoms with Crippen LogP contribution in [0.3, 0.4) is 0 Å². The standard InChI is InChI=1S/C20H30N4O2/c1-5-6-7-11-14-23(2)18-15-21-16-22-19(18)24(3,4)20(25)26-17-12-9-8-10-13-17/h8-9,12-13,15-16H,5-7,10-11,14H2,1-4H3/q+1. The third-order valence-electron chi connectivity index (χ3n) is 4.47. The molecule has 6 nitrogen and oxygen atoms in total. The van der Waals surface area contributed by atoms with Gasteiger partial charge in [-0.05, 0) is 31.4 Å². The molecule has 0 saturated carbocycles. The largest absolute Gasteiger partial charge is 0.527 e. The van der Waals surface area contributed by atoms with Crippen LogP contribution in [-0.4, -0.2) is 43.7 Å². The van der Waals surface area contributed by atoms with Gasteiger partial charge in [0.1, 0.15) is 17.8 Å². The Morgan fingerprint density at radius 2 is 2.12 bits per heavy atom. The van der Waals surface area contributed by atoms with E-state index in [0.29, 0.717) is 11.6 Å². The van der Waals surface area contributed by atoms with Crippen molar-refractivity contribution in [1.82, 2.24) is 14.5 Å². The van der Waals surface area contributed by atoms with E-state index >= 15 is 0 Å². The second-order valence-electron chi connectivity index (χ2n) is 6.97. The molecule has 0 spiro atoms. The highest BCUT2D eigenvalue weighted by atomic mass is 16.6. The van der Waals surface area contributed by atoms with Crippen molar-refractivity contribution >= 4 is 17.6 Å². The predicted molar refractivity (Wildman–Crippen MR) is 106 cm³/mol. The van der Waals surface area contributed by atoms with Crippen LogP contribution in [0, 0.1) is 6.42 Å². The summed E-state index contributed by atoms with van der Waals surface area (Å²) in [5, 5.41) is 0. The first kappa shape index (κ1) is 20.1. The topological polar surface area (TPSA) is 55.3 Å². The average Bonchev–Trinajstić information content (AvgIpc) is 2.66. The van der Waals surface area contributed by atoms with Crippen LogP contribution in [-0.2, 0) is 4.74 Å². The van der Waals surface area contributed by atoms with Crippen molar-refractivity contribution in [2.45, 2.75) is 39.0 Å². The Balaban J connectivity index is 2.13. The van der Waals surface area contributed by atoms with Crippen molar-refractivity contribution in [3.05, 3.63) is 42.9 Å². The Morgan fingerprint density at radius 1 is 1.31 bits per heavy atom. The number of anilines is 1. The number of rotatable bonds is 8. The summed E-state index contributed by atoms with van der Waals surface area (Å²) in [6, 6.07) is 0. The quantitative estimate of drug-likeness (QED) is 0.514. The molecule has 2 rings (SSSR count). The fourth-order valence-electron chi connectivity index (χ4n) is 2.78. The summed E-state index contributed by atoms with van der Waals surface area (Å²) >= 11 is 0. The molecule has 1 aromatic heterocycles. The SMILES string of the molecule is CCCCCCN(C)c1cncnc1[N+](C)(C)C(=O)OC1=CC[CH]C=C1. The van der Waals surface area contributed by atoms with Gasteiger partial charge in [0.15, 0.2) is 0 Å². The highest BCUT2D eigenvalue weighted by Gasteiger charge is 2.37. The van der Waals surface area contributed by atoms with E-state index in [1.807, 2.05) is 25.6 Å². The van der Waals surface area contributed by atoms with E-state index in [1.165, 1.54) is 25.6 Å². The summed E-state index contributed by atoms with van der Waals surface area (Å²) in [5.74, 6) is 1.21. The molecule has 6 heteroatoms. The fraction of sp³-hybridized carbons (Fsp3) is 0.500. The van der Waals surface area contributed by atoms with Gasteiger partial charge in [0.2, 0.25) is 0 Å². The van der Waals surface area contributed by atoms with Gasteiger partial charge in [-0.25, -0.2) is 4.98 Å². The van der Waals surface area contributed by atoms with Crippen molar-refractivity contribution in [2.24, 2.45) is 0 Å². The summed E-state index contributed by atoms with van der Waals surface area (Å²) in [4.78, 5) is 23.5. The van der Waals surface area contributed by atoms with Crippen LogP contribution in [0.4, 0.5) is 16.3 Å². The zero-order chi connectivity index (χ0) is 19.0. The number of hydrogen-bond acceptors (Lipinski definition) is 5. The smallest absolute Gasteiger partial charge is 0.381 e. The van der Waals surface area contributed by atoms with Crippen molar-refractivity contribution in [1.29, 1.82) is 0 Å². The maximum Gasteiger partial charge on any atom is 0.527 e. The van der Waals surface area contributed by atoms with Crippen molar-refractivity contribution in [3.63, 3.8) is 0 Å². The normalized spacial score (nSPS) is 14.1. The van der Waals surface area contributed by atoms with Crippen LogP contribution in [0.2, 0.25) is 0 Å². The van der Waals surface area contributed by atoms with E-state index in [9.17, 15) is 4.79 Å². The van der Waals surface area contributed by atoms with E-state index in [0.717, 1.165) is 25.1 Å². The molecule has 1 amide bonds. The molecular weight excluding hydrogens is 328 g/mol. The molecule has 1 heterocycles. The number of nitrogens with zero attached hydrogens (tertiary/aromatic N) is 4. The molecule has 1 aromatic rings. The molecule has 26 heavy (non-hydrogen) atoms. The van der Waals surface area contributed by atoms with Gasteiger partial charge in [0.25, 0.3) is 5.82 Å². The molecule has 1 aliphatic rings. The number of carbonyl (C=O) groups is 1. The van der Waals surface area contributed by atoms with Gasteiger partial charge in [-0.15, -0.1) is 0 Å². The number of ether oxygens (including phenoxy) is 1. The number of carbonyl (C=O) groups excluding carboxylic acids is 1. The first-order chi connectivity index (χ1) is 12.5. The second-order valence-corrected chi connectivity index (χ2v) is 6.97. The van der Waals surface area contributed by atoms with E-state index in [-0.39, 0.29) is 10.6 Å². The highest BCUT2D eigenvalue weighted by molar-refractivity contribution is 5.85. The molecule has 0 bridgehead atoms. The van der Waals surface area contributed by atoms with Gasteiger partial charge in [-0.2, -0.15) is 14.3 Å². The van der Waals surface area contributed by atoms with Crippen LogP contribution in [0.25, 0.3) is 0 Å². The molecule has 141 valence electrons. The maximum absolute atomic E-state index is 12.8. The fourth-order valence-corrected chi connectivity index (χ4v) is 2.78. The monoisotopic (exact) mass is 358 g/mol. The number of unbranched alkanes of at least 4 members (excludes halogenated alkanes) is 3. The van der Waals surface area contributed by atoms with E-state index in [4.69, 9.17) is 4.74 Å². The molecule has 0 saturated heterocycles. The molecule has 0 aromatic carbocycles. The molecule has 0 aliphatic heterocycles. The van der Waals surface area contributed by atoms with Gasteiger partial charge in [-0.1, -0.05) is 32.3 Å². The molecule has 0 unspecified atom stereocenters. The maximum atomic E-state index is 12.8. The first-order valence-corrected chi connectivity index (χ1v) is 9.25. The van der Waals surface area contributed by atoms with E-state index in [2.05, 4.69) is 21.8 Å². The van der Waals surface area contributed by atoms with Gasteiger partial charge in [-0.3, -0.25) is 0 Å². The predicted octanol–water partition coefficient (Wildman–Crippen LogP) is 4.24. The third-order valence-corrected chi connectivity index (χ3v) is 4.47. The lowest BCUT2D eigenvalue weighted by Gasteiger charge is -2.28. The van der Waals surface area contributed by atoms with Crippen molar-refractivity contribution < 1.29 is 9.53 Å². The van der Waals surface area contributed by atoms with Crippen LogP contribution >= 0.6 is 0 Å². The van der Waals surface area contributed by atoms with Gasteiger partial charge < -0.3 is 9.64 Å². The minimum atomic E-state index is -0.373. The Hall–Kier alpha value is -2.21. The Morgan fingerprint density at radius 3 is 2.81 bits per heavy atom. The van der Waals surface area contributed by atoms with Crippen molar-refractivity contribution in [3.8, 4) is 0 Å². The van der Waals surface area contributed by atoms with E-state index < -0.39 is 0 Å².